The van der Waals surface area contributed by atoms with E-state index in [9.17, 15) is 4.79 Å². The molecule has 7 heteroatoms. The van der Waals surface area contributed by atoms with E-state index in [-0.39, 0.29) is 24.4 Å². The van der Waals surface area contributed by atoms with E-state index in [4.69, 9.17) is 16.1 Å². The number of carbonyl (C=O) groups excluding carboxylic acids is 1. The van der Waals surface area contributed by atoms with Gasteiger partial charge in [-0.15, -0.1) is 12.4 Å². The monoisotopic (exact) mass is 355 g/mol. The van der Waals surface area contributed by atoms with Crippen molar-refractivity contribution in [3.8, 4) is 11.3 Å². The number of aromatic nitrogens is 1. The van der Waals surface area contributed by atoms with Gasteiger partial charge in [-0.1, -0.05) is 23.7 Å². The van der Waals surface area contributed by atoms with Gasteiger partial charge >= 0.3 is 0 Å². The molecular formula is C16H19Cl2N3O2. The highest BCUT2D eigenvalue weighted by Gasteiger charge is 2.24. The summed E-state index contributed by atoms with van der Waals surface area (Å²) >= 11 is 5.86. The SMILES string of the molecule is CC1CCNCC1NC(=O)c1cc(-c2ccc(Cl)cc2)on1.Cl. The van der Waals surface area contributed by atoms with Crippen LogP contribution in [0.4, 0.5) is 0 Å². The molecule has 0 aliphatic carbocycles. The number of rotatable bonds is 3. The molecule has 0 spiro atoms. The van der Waals surface area contributed by atoms with E-state index >= 15 is 0 Å². The van der Waals surface area contributed by atoms with E-state index in [1.54, 1.807) is 18.2 Å². The summed E-state index contributed by atoms with van der Waals surface area (Å²) < 4.78 is 5.26. The van der Waals surface area contributed by atoms with Crippen LogP contribution >= 0.6 is 24.0 Å². The van der Waals surface area contributed by atoms with E-state index in [1.807, 2.05) is 12.1 Å². The molecule has 1 aliphatic heterocycles. The van der Waals surface area contributed by atoms with Crippen LogP contribution in [0.15, 0.2) is 34.9 Å². The van der Waals surface area contributed by atoms with Crippen LogP contribution in [-0.4, -0.2) is 30.2 Å². The topological polar surface area (TPSA) is 67.2 Å². The predicted molar refractivity (Wildman–Crippen MR) is 92.1 cm³/mol. The van der Waals surface area contributed by atoms with Gasteiger partial charge < -0.3 is 15.2 Å². The van der Waals surface area contributed by atoms with Crippen LogP contribution in [0.1, 0.15) is 23.8 Å². The third kappa shape index (κ3) is 4.25. The third-order valence-electron chi connectivity index (χ3n) is 4.02. The highest BCUT2D eigenvalue weighted by Crippen LogP contribution is 2.22. The van der Waals surface area contributed by atoms with Crippen LogP contribution in [-0.2, 0) is 0 Å². The van der Waals surface area contributed by atoms with E-state index in [2.05, 4.69) is 22.7 Å². The van der Waals surface area contributed by atoms with Gasteiger partial charge in [0.15, 0.2) is 11.5 Å². The molecule has 1 aromatic heterocycles. The Bertz CT molecular complexity index is 658. The minimum absolute atomic E-state index is 0. The molecule has 2 N–H and O–H groups in total. The van der Waals surface area contributed by atoms with Crippen molar-refractivity contribution in [1.29, 1.82) is 0 Å². The number of nitrogens with zero attached hydrogens (tertiary/aromatic N) is 1. The lowest BCUT2D eigenvalue weighted by Gasteiger charge is -2.29. The van der Waals surface area contributed by atoms with Crippen molar-refractivity contribution in [2.45, 2.75) is 19.4 Å². The molecule has 1 saturated heterocycles. The van der Waals surface area contributed by atoms with Crippen LogP contribution in [0.3, 0.4) is 0 Å². The van der Waals surface area contributed by atoms with Crippen LogP contribution in [0.2, 0.25) is 5.02 Å². The molecule has 2 unspecified atom stereocenters. The van der Waals surface area contributed by atoms with Crippen molar-refractivity contribution in [2.24, 2.45) is 5.92 Å². The van der Waals surface area contributed by atoms with Gasteiger partial charge in [-0.25, -0.2) is 0 Å². The van der Waals surface area contributed by atoms with Crippen molar-refractivity contribution in [3.63, 3.8) is 0 Å². The Morgan fingerprint density at radius 2 is 2.13 bits per heavy atom. The molecule has 0 saturated carbocycles. The highest BCUT2D eigenvalue weighted by molar-refractivity contribution is 6.30. The zero-order valence-electron chi connectivity index (χ0n) is 12.7. The zero-order valence-corrected chi connectivity index (χ0v) is 14.3. The van der Waals surface area contributed by atoms with Gasteiger partial charge in [0.2, 0.25) is 0 Å². The Balaban J connectivity index is 0.00000192. The molecule has 2 atom stereocenters. The number of halogens is 2. The summed E-state index contributed by atoms with van der Waals surface area (Å²) in [6, 6.07) is 8.98. The molecule has 1 aliphatic rings. The first kappa shape index (κ1) is 17.8. The summed E-state index contributed by atoms with van der Waals surface area (Å²) in [5.41, 5.74) is 1.13. The molecule has 0 radical (unpaired) electrons. The van der Waals surface area contributed by atoms with Crippen LogP contribution in [0.5, 0.6) is 0 Å². The average molecular weight is 356 g/mol. The Labute approximate surface area is 146 Å². The Kier molecular flexibility index (Phi) is 6.04. The molecule has 3 rings (SSSR count). The maximum absolute atomic E-state index is 12.3. The molecule has 23 heavy (non-hydrogen) atoms. The molecule has 5 nitrogen and oxygen atoms in total. The van der Waals surface area contributed by atoms with Crippen molar-refractivity contribution < 1.29 is 9.32 Å². The first-order valence-corrected chi connectivity index (χ1v) is 7.75. The summed E-state index contributed by atoms with van der Waals surface area (Å²) in [6.07, 6.45) is 1.06. The van der Waals surface area contributed by atoms with Gasteiger partial charge in [0, 0.05) is 29.2 Å². The first-order valence-electron chi connectivity index (χ1n) is 7.38. The molecule has 1 fully saturated rings. The number of benzene rings is 1. The quantitative estimate of drug-likeness (QED) is 0.887. The van der Waals surface area contributed by atoms with E-state index in [1.165, 1.54) is 0 Å². The van der Waals surface area contributed by atoms with Crippen molar-refractivity contribution in [2.75, 3.05) is 13.1 Å². The number of carbonyl (C=O) groups is 1. The lowest BCUT2D eigenvalue weighted by molar-refractivity contribution is 0.0906. The minimum Gasteiger partial charge on any atom is -0.355 e. The van der Waals surface area contributed by atoms with E-state index < -0.39 is 0 Å². The van der Waals surface area contributed by atoms with Gasteiger partial charge in [0.1, 0.15) is 0 Å². The van der Waals surface area contributed by atoms with Gasteiger partial charge in [-0.05, 0) is 43.1 Å². The average Bonchev–Trinajstić information content (AvgIpc) is 3.00. The number of nitrogens with one attached hydrogen (secondary N) is 2. The molecule has 2 aromatic rings. The van der Waals surface area contributed by atoms with Gasteiger partial charge in [0.25, 0.3) is 5.91 Å². The fourth-order valence-electron chi connectivity index (χ4n) is 2.56. The zero-order chi connectivity index (χ0) is 15.5. The standard InChI is InChI=1S/C16H18ClN3O2.ClH/c1-10-6-7-18-9-14(10)19-16(21)13-8-15(22-20-13)11-2-4-12(17)5-3-11;/h2-5,8,10,14,18H,6-7,9H2,1H3,(H,19,21);1H. The molecule has 2 heterocycles. The Morgan fingerprint density at radius 3 is 2.83 bits per heavy atom. The largest absolute Gasteiger partial charge is 0.355 e. The number of hydrogen-bond acceptors (Lipinski definition) is 4. The normalized spacial score (nSPS) is 20.6. The second-order valence-corrected chi connectivity index (χ2v) is 6.07. The van der Waals surface area contributed by atoms with E-state index in [0.717, 1.165) is 25.1 Å². The first-order chi connectivity index (χ1) is 10.6. The second-order valence-electron chi connectivity index (χ2n) is 5.63. The molecule has 124 valence electrons. The lowest BCUT2D eigenvalue weighted by atomic mass is 9.95. The fraction of sp³-hybridized carbons (Fsp3) is 0.375. The summed E-state index contributed by atoms with van der Waals surface area (Å²) in [7, 11) is 0. The van der Waals surface area contributed by atoms with E-state index in [0.29, 0.717) is 22.4 Å². The van der Waals surface area contributed by atoms with Crippen LogP contribution < -0.4 is 10.6 Å². The number of amides is 1. The summed E-state index contributed by atoms with van der Waals surface area (Å²) in [5, 5.41) is 10.8. The van der Waals surface area contributed by atoms with Crippen LogP contribution in [0.25, 0.3) is 11.3 Å². The predicted octanol–water partition coefficient (Wildman–Crippen LogP) is 3.14. The van der Waals surface area contributed by atoms with Crippen LogP contribution in [0, 0.1) is 5.92 Å². The van der Waals surface area contributed by atoms with Crippen molar-refractivity contribution in [3.05, 3.63) is 41.0 Å². The molecule has 1 amide bonds. The van der Waals surface area contributed by atoms with Gasteiger partial charge in [-0.3, -0.25) is 4.79 Å². The summed E-state index contributed by atoms with van der Waals surface area (Å²) in [4.78, 5) is 12.3. The lowest BCUT2D eigenvalue weighted by Crippen LogP contribution is -2.50. The maximum atomic E-state index is 12.3. The van der Waals surface area contributed by atoms with Gasteiger partial charge in [-0.2, -0.15) is 0 Å². The highest BCUT2D eigenvalue weighted by atomic mass is 35.5. The second kappa shape index (κ2) is 7.81. The maximum Gasteiger partial charge on any atom is 0.273 e. The Hall–Kier alpha value is -1.56. The molecule has 1 aromatic carbocycles. The molecular weight excluding hydrogens is 337 g/mol. The summed E-state index contributed by atoms with van der Waals surface area (Å²) in [6.45, 7) is 3.93. The smallest absolute Gasteiger partial charge is 0.273 e. The fourth-order valence-corrected chi connectivity index (χ4v) is 2.68. The minimum atomic E-state index is -0.204. The summed E-state index contributed by atoms with van der Waals surface area (Å²) in [5.74, 6) is 0.800. The molecule has 0 bridgehead atoms. The van der Waals surface area contributed by atoms with Crippen molar-refractivity contribution in [1.82, 2.24) is 15.8 Å². The number of hydrogen-bond donors (Lipinski definition) is 2. The third-order valence-corrected chi connectivity index (χ3v) is 4.27. The van der Waals surface area contributed by atoms with Crippen molar-refractivity contribution >= 4 is 29.9 Å². The Morgan fingerprint density at radius 1 is 1.39 bits per heavy atom. The number of piperidine rings is 1. The van der Waals surface area contributed by atoms with Gasteiger partial charge in [0.05, 0.1) is 0 Å².